The van der Waals surface area contributed by atoms with E-state index < -0.39 is 25.8 Å². The number of benzene rings is 3. The highest BCUT2D eigenvalue weighted by molar-refractivity contribution is 6.74. The zero-order valence-electron chi connectivity index (χ0n) is 26.4. The van der Waals surface area contributed by atoms with Crippen LogP contribution < -0.4 is 5.32 Å². The van der Waals surface area contributed by atoms with E-state index in [-0.39, 0.29) is 46.3 Å². The van der Waals surface area contributed by atoms with Crippen LogP contribution in [0.25, 0.3) is 45.1 Å². The molecule has 6 rings (SSSR count). The minimum Gasteiger partial charge on any atom is -0.433 e. The lowest BCUT2D eigenvalue weighted by Crippen LogP contribution is -2.48. The summed E-state index contributed by atoms with van der Waals surface area (Å²) in [5.41, 5.74) is 2.77. The lowest BCUT2D eigenvalue weighted by Gasteiger charge is -2.40. The Balaban J connectivity index is 1.27. The summed E-state index contributed by atoms with van der Waals surface area (Å²) in [6, 6.07) is 13.3. The number of nitrogens with one attached hydrogen (secondary N) is 1. The summed E-state index contributed by atoms with van der Waals surface area (Å²) >= 11 is 0. The van der Waals surface area contributed by atoms with E-state index >= 15 is 8.78 Å². The average Bonchev–Trinajstić information content (AvgIpc) is 3.73. The smallest absolute Gasteiger partial charge is 0.227 e. The van der Waals surface area contributed by atoms with Crippen molar-refractivity contribution >= 4 is 19.4 Å². The lowest BCUT2D eigenvalue weighted by atomic mass is 9.97. The number of aryl methyl sites for hydroxylation is 1. The number of hydrogen-bond acceptors (Lipinski definition) is 6. The van der Waals surface area contributed by atoms with Crippen LogP contribution in [0, 0.1) is 17.5 Å². The zero-order chi connectivity index (χ0) is 32.1. The van der Waals surface area contributed by atoms with Crippen LogP contribution in [0.1, 0.15) is 45.6 Å². The Bertz CT molecular complexity index is 1860. The van der Waals surface area contributed by atoms with Crippen LogP contribution in [0.3, 0.4) is 0 Å². The second kappa shape index (κ2) is 11.8. The van der Waals surface area contributed by atoms with Gasteiger partial charge in [0.1, 0.15) is 17.7 Å². The second-order valence-electron chi connectivity index (χ2n) is 13.4. The van der Waals surface area contributed by atoms with Crippen molar-refractivity contribution in [3.63, 3.8) is 0 Å². The largest absolute Gasteiger partial charge is 0.433 e. The molecule has 45 heavy (non-hydrogen) atoms. The Kier molecular flexibility index (Phi) is 8.21. The molecule has 0 saturated heterocycles. The molecule has 1 aliphatic rings. The van der Waals surface area contributed by atoms with Gasteiger partial charge in [0.15, 0.2) is 25.5 Å². The van der Waals surface area contributed by atoms with Gasteiger partial charge >= 0.3 is 0 Å². The number of aromatic nitrogens is 4. The summed E-state index contributed by atoms with van der Waals surface area (Å²) in [4.78, 5) is 4.54. The van der Waals surface area contributed by atoms with Crippen LogP contribution in [-0.4, -0.2) is 40.2 Å². The Hall–Kier alpha value is -3.80. The van der Waals surface area contributed by atoms with Gasteiger partial charge in [-0.2, -0.15) is 4.39 Å². The fraction of sp³-hybridized carbons (Fsp3) is 0.382. The van der Waals surface area contributed by atoms with Crippen molar-refractivity contribution < 1.29 is 22.0 Å². The molecule has 0 bridgehead atoms. The third-order valence-electron chi connectivity index (χ3n) is 9.25. The molecule has 236 valence electrons. The van der Waals surface area contributed by atoms with Crippen molar-refractivity contribution in [1.29, 1.82) is 0 Å². The summed E-state index contributed by atoms with van der Waals surface area (Å²) in [7, 11) is -0.191. The number of rotatable bonds is 8. The summed E-state index contributed by atoms with van der Waals surface area (Å²) < 4.78 is 59.1. The Labute approximate surface area is 262 Å². The fourth-order valence-corrected chi connectivity index (χ4v) is 7.10. The number of oxazole rings is 1. The van der Waals surface area contributed by atoms with E-state index in [0.717, 1.165) is 30.4 Å². The highest BCUT2D eigenvalue weighted by Gasteiger charge is 2.42. The molecule has 0 unspecified atom stereocenters. The first-order chi connectivity index (χ1) is 21.3. The molecule has 2 atom stereocenters. The van der Waals surface area contributed by atoms with E-state index in [1.165, 1.54) is 12.1 Å². The van der Waals surface area contributed by atoms with E-state index in [9.17, 15) is 4.39 Å². The maximum absolute atomic E-state index is 15.3. The molecule has 2 heterocycles. The summed E-state index contributed by atoms with van der Waals surface area (Å²) in [6.07, 6.45) is 4.48. The minimum atomic E-state index is -1.97. The molecule has 1 N–H and O–H groups in total. The first kappa shape index (κ1) is 31.2. The van der Waals surface area contributed by atoms with Crippen LogP contribution in [0.4, 0.5) is 13.2 Å². The van der Waals surface area contributed by atoms with E-state index in [0.29, 0.717) is 17.0 Å². The highest BCUT2D eigenvalue weighted by atomic mass is 28.4. The van der Waals surface area contributed by atoms with Gasteiger partial charge in [0, 0.05) is 36.3 Å². The first-order valence-electron chi connectivity index (χ1n) is 15.3. The summed E-state index contributed by atoms with van der Waals surface area (Å²) in [6.45, 7) is 11.3. The Morgan fingerprint density at radius 1 is 1.00 bits per heavy atom. The van der Waals surface area contributed by atoms with Gasteiger partial charge in [0.05, 0.1) is 6.10 Å². The number of halogens is 3. The molecule has 0 amide bonds. The molecule has 7 nitrogen and oxygen atoms in total. The van der Waals surface area contributed by atoms with Crippen molar-refractivity contribution in [2.24, 2.45) is 7.05 Å². The fourth-order valence-electron chi connectivity index (χ4n) is 5.71. The highest BCUT2D eigenvalue weighted by Crippen LogP contribution is 2.40. The minimum absolute atomic E-state index is 0.0451. The van der Waals surface area contributed by atoms with Crippen molar-refractivity contribution in [3.05, 3.63) is 77.9 Å². The molecule has 11 heteroatoms. The van der Waals surface area contributed by atoms with Crippen molar-refractivity contribution in [2.45, 2.75) is 76.9 Å². The van der Waals surface area contributed by atoms with Gasteiger partial charge in [-0.3, -0.25) is 0 Å². The summed E-state index contributed by atoms with van der Waals surface area (Å²) in [5, 5.41) is 11.6. The van der Waals surface area contributed by atoms with Gasteiger partial charge in [0.25, 0.3) is 0 Å². The van der Waals surface area contributed by atoms with E-state index in [1.807, 2.05) is 12.1 Å². The topological polar surface area (TPSA) is 78.0 Å². The van der Waals surface area contributed by atoms with Gasteiger partial charge in [-0.25, -0.2) is 13.8 Å². The van der Waals surface area contributed by atoms with E-state index in [1.54, 1.807) is 42.2 Å². The molecule has 1 fully saturated rings. The van der Waals surface area contributed by atoms with Crippen molar-refractivity contribution in [3.8, 4) is 34.0 Å². The predicted molar refractivity (Wildman–Crippen MR) is 171 cm³/mol. The van der Waals surface area contributed by atoms with Gasteiger partial charge in [-0.05, 0) is 78.9 Å². The Morgan fingerprint density at radius 2 is 1.78 bits per heavy atom. The maximum atomic E-state index is 15.3. The van der Waals surface area contributed by atoms with E-state index in [2.05, 4.69) is 54.4 Å². The average molecular weight is 634 g/mol. The molecule has 3 aromatic carbocycles. The van der Waals surface area contributed by atoms with Crippen LogP contribution in [0.2, 0.25) is 18.1 Å². The quantitative estimate of drug-likeness (QED) is 0.173. The first-order valence-corrected chi connectivity index (χ1v) is 18.2. The van der Waals surface area contributed by atoms with Crippen LogP contribution in [0.15, 0.2) is 59.3 Å². The molecule has 0 radical (unpaired) electrons. The molecule has 0 spiro atoms. The Morgan fingerprint density at radius 3 is 2.51 bits per heavy atom. The van der Waals surface area contributed by atoms with Gasteiger partial charge in [0.2, 0.25) is 11.7 Å². The second-order valence-corrected chi connectivity index (χ2v) is 18.2. The van der Waals surface area contributed by atoms with Crippen LogP contribution in [0.5, 0.6) is 0 Å². The normalized spacial score (nSPS) is 17.4. The zero-order valence-corrected chi connectivity index (χ0v) is 27.4. The molecular formula is C34H38F3N5O2Si. The molecule has 5 aromatic rings. The van der Waals surface area contributed by atoms with Crippen molar-refractivity contribution in [1.82, 2.24) is 25.1 Å². The van der Waals surface area contributed by atoms with E-state index in [4.69, 9.17) is 8.84 Å². The third-order valence-corrected chi connectivity index (χ3v) is 13.8. The molecular weight excluding hydrogens is 595 g/mol. The van der Waals surface area contributed by atoms with Gasteiger partial charge in [-0.15, -0.1) is 10.2 Å². The molecule has 1 saturated carbocycles. The summed E-state index contributed by atoms with van der Waals surface area (Å²) in [5.74, 6) is -1.77. The third kappa shape index (κ3) is 6.08. The molecule has 2 aromatic heterocycles. The van der Waals surface area contributed by atoms with Gasteiger partial charge in [-0.1, -0.05) is 39.0 Å². The van der Waals surface area contributed by atoms with Gasteiger partial charge < -0.3 is 18.7 Å². The molecule has 1 aliphatic carbocycles. The maximum Gasteiger partial charge on any atom is 0.227 e. The monoisotopic (exact) mass is 633 g/mol. The SMILES string of the molecule is Cn1cnnc1-c1cc(F)ccc1-c1cccc(-c2nc3cc(CN[C@@H]4CCC[C@@H]4O[Si](C)(C)C(C)(C)C)c(F)c(F)c3o2)c1. The number of fused-ring (bicyclic) bond motifs is 1. The number of nitrogens with zero attached hydrogens (tertiary/aromatic N) is 4. The number of hydrogen-bond donors (Lipinski definition) is 1. The predicted octanol–water partition coefficient (Wildman–Crippen LogP) is 8.41. The lowest BCUT2D eigenvalue weighted by molar-refractivity contribution is 0.155. The van der Waals surface area contributed by atoms with Crippen LogP contribution in [-0.2, 0) is 18.0 Å². The standard InChI is InChI=1S/C34H38F3N5O2Si/c1-34(2,3)45(5,6)44-28-12-8-11-26(28)38-18-22-16-27-31(30(37)29(22)36)43-33(40-27)21-10-7-9-20(15-21)24-14-13-23(35)17-25(24)32-41-39-19-42(32)4/h7,9-10,13-17,19,26,28,38H,8,11-12,18H2,1-6H3/t26-,28+/m1/s1. The van der Waals surface area contributed by atoms with Crippen LogP contribution >= 0.6 is 0 Å². The molecule has 0 aliphatic heterocycles. The van der Waals surface area contributed by atoms with Crippen molar-refractivity contribution in [2.75, 3.05) is 0 Å².